The number of aliphatic hydroxyl groups is 1. The van der Waals surface area contributed by atoms with Gasteiger partial charge in [-0.3, -0.25) is 9.48 Å². The van der Waals surface area contributed by atoms with E-state index in [2.05, 4.69) is 5.10 Å². The highest BCUT2D eigenvalue weighted by Crippen LogP contribution is 2.20. The van der Waals surface area contributed by atoms with Gasteiger partial charge in [0.15, 0.2) is 5.69 Å². The van der Waals surface area contributed by atoms with E-state index in [0.717, 1.165) is 11.3 Å². The van der Waals surface area contributed by atoms with Crippen LogP contribution < -0.4 is 0 Å². The van der Waals surface area contributed by atoms with E-state index >= 15 is 0 Å². The second-order valence-corrected chi connectivity index (χ2v) is 5.54. The SMILES string of the molecule is Cc1c(Cl)c(C(=O)N(CC=Cc2ccccc2)CCO)nn1C. The first kappa shape index (κ1) is 17.2. The van der Waals surface area contributed by atoms with Crippen LogP contribution in [-0.4, -0.2) is 45.4 Å². The highest BCUT2D eigenvalue weighted by molar-refractivity contribution is 6.34. The Morgan fingerprint density at radius 3 is 2.65 bits per heavy atom. The quantitative estimate of drug-likeness (QED) is 0.883. The van der Waals surface area contributed by atoms with Gasteiger partial charge in [-0.25, -0.2) is 0 Å². The summed E-state index contributed by atoms with van der Waals surface area (Å²) in [6.45, 7) is 2.29. The summed E-state index contributed by atoms with van der Waals surface area (Å²) in [7, 11) is 1.74. The van der Waals surface area contributed by atoms with Crippen molar-refractivity contribution in [3.8, 4) is 0 Å². The van der Waals surface area contributed by atoms with E-state index in [1.54, 1.807) is 18.7 Å². The summed E-state index contributed by atoms with van der Waals surface area (Å²) in [5, 5.41) is 13.7. The van der Waals surface area contributed by atoms with Crippen molar-refractivity contribution in [2.24, 2.45) is 7.05 Å². The number of rotatable bonds is 6. The van der Waals surface area contributed by atoms with Crippen LogP contribution in [-0.2, 0) is 7.05 Å². The molecule has 6 heteroatoms. The van der Waals surface area contributed by atoms with Gasteiger partial charge in [0.1, 0.15) is 0 Å². The molecule has 0 fully saturated rings. The topological polar surface area (TPSA) is 58.4 Å². The molecule has 0 spiro atoms. The van der Waals surface area contributed by atoms with E-state index in [4.69, 9.17) is 11.6 Å². The van der Waals surface area contributed by atoms with Crippen molar-refractivity contribution >= 4 is 23.6 Å². The van der Waals surface area contributed by atoms with Crippen molar-refractivity contribution < 1.29 is 9.90 Å². The van der Waals surface area contributed by atoms with Gasteiger partial charge < -0.3 is 10.0 Å². The Hall–Kier alpha value is -2.11. The second kappa shape index (κ2) is 7.94. The summed E-state index contributed by atoms with van der Waals surface area (Å²) in [5.41, 5.74) is 2.00. The molecule has 5 nitrogen and oxygen atoms in total. The molecule has 0 unspecified atom stereocenters. The molecule has 0 aliphatic rings. The third-order valence-corrected chi connectivity index (χ3v) is 4.01. The molecule has 2 rings (SSSR count). The molecule has 0 bridgehead atoms. The minimum Gasteiger partial charge on any atom is -0.395 e. The maximum atomic E-state index is 12.6. The molecular weight excluding hydrogens is 314 g/mol. The minimum absolute atomic E-state index is 0.117. The van der Waals surface area contributed by atoms with Crippen LogP contribution in [0.5, 0.6) is 0 Å². The van der Waals surface area contributed by atoms with Gasteiger partial charge in [-0.1, -0.05) is 54.1 Å². The van der Waals surface area contributed by atoms with Crippen LogP contribution in [0.15, 0.2) is 36.4 Å². The van der Waals surface area contributed by atoms with Crippen LogP contribution in [0, 0.1) is 6.92 Å². The third kappa shape index (κ3) is 4.21. The van der Waals surface area contributed by atoms with Gasteiger partial charge in [-0.05, 0) is 12.5 Å². The van der Waals surface area contributed by atoms with Crippen molar-refractivity contribution in [3.63, 3.8) is 0 Å². The molecule has 122 valence electrons. The van der Waals surface area contributed by atoms with Crippen LogP contribution in [0.1, 0.15) is 21.7 Å². The third-order valence-electron chi connectivity index (χ3n) is 3.56. The first-order valence-corrected chi connectivity index (χ1v) is 7.73. The molecule has 2 aromatic rings. The Balaban J connectivity index is 2.12. The smallest absolute Gasteiger partial charge is 0.276 e. The molecule has 1 amide bonds. The Morgan fingerprint density at radius 1 is 1.39 bits per heavy atom. The molecule has 0 atom stereocenters. The zero-order valence-corrected chi connectivity index (χ0v) is 14.0. The van der Waals surface area contributed by atoms with Crippen LogP contribution in [0.25, 0.3) is 6.08 Å². The molecule has 1 N–H and O–H groups in total. The van der Waals surface area contributed by atoms with Crippen molar-refractivity contribution in [2.75, 3.05) is 19.7 Å². The first-order chi connectivity index (χ1) is 11.0. The standard InChI is InChI=1S/C17H20ClN3O2/c1-13-15(18)16(19-20(13)2)17(23)21(11-12-22)10-6-9-14-7-4-3-5-8-14/h3-9,22H,10-12H2,1-2H3. The second-order valence-electron chi connectivity index (χ2n) is 5.16. The van der Waals surface area contributed by atoms with Crippen molar-refractivity contribution in [2.45, 2.75) is 6.92 Å². The molecule has 1 aromatic carbocycles. The van der Waals surface area contributed by atoms with Gasteiger partial charge in [0.05, 0.1) is 17.3 Å². The molecule has 1 heterocycles. The monoisotopic (exact) mass is 333 g/mol. The van der Waals surface area contributed by atoms with Crippen LogP contribution in [0.3, 0.4) is 0 Å². The lowest BCUT2D eigenvalue weighted by Gasteiger charge is -2.19. The maximum Gasteiger partial charge on any atom is 0.276 e. The van der Waals surface area contributed by atoms with E-state index in [9.17, 15) is 9.90 Å². The number of amides is 1. The van der Waals surface area contributed by atoms with E-state index in [0.29, 0.717) is 11.6 Å². The van der Waals surface area contributed by atoms with E-state index in [1.807, 2.05) is 42.5 Å². The maximum absolute atomic E-state index is 12.6. The van der Waals surface area contributed by atoms with Gasteiger partial charge in [-0.2, -0.15) is 5.10 Å². The summed E-state index contributed by atoms with van der Waals surface area (Å²) < 4.78 is 1.58. The lowest BCUT2D eigenvalue weighted by Crippen LogP contribution is -2.34. The van der Waals surface area contributed by atoms with E-state index in [1.165, 1.54) is 4.90 Å². The molecule has 0 aliphatic heterocycles. The van der Waals surface area contributed by atoms with Gasteiger partial charge in [0.2, 0.25) is 0 Å². The van der Waals surface area contributed by atoms with Crippen molar-refractivity contribution in [3.05, 3.63) is 58.4 Å². The van der Waals surface area contributed by atoms with Gasteiger partial charge >= 0.3 is 0 Å². The number of benzene rings is 1. The molecule has 1 aromatic heterocycles. The average molecular weight is 334 g/mol. The number of aromatic nitrogens is 2. The fraction of sp³-hybridized carbons (Fsp3) is 0.294. The zero-order chi connectivity index (χ0) is 16.8. The van der Waals surface area contributed by atoms with Gasteiger partial charge in [0.25, 0.3) is 5.91 Å². The number of carbonyl (C=O) groups is 1. The number of aryl methyl sites for hydroxylation is 1. The number of aliphatic hydroxyl groups excluding tert-OH is 1. The number of hydrogen-bond donors (Lipinski definition) is 1. The van der Waals surface area contributed by atoms with Crippen LogP contribution in [0.4, 0.5) is 0 Å². The van der Waals surface area contributed by atoms with Crippen LogP contribution >= 0.6 is 11.6 Å². The fourth-order valence-corrected chi connectivity index (χ4v) is 2.39. The largest absolute Gasteiger partial charge is 0.395 e. The number of halogens is 1. The molecule has 0 saturated heterocycles. The normalized spacial score (nSPS) is 11.1. The summed E-state index contributed by atoms with van der Waals surface area (Å²) in [6.07, 6.45) is 3.82. The predicted molar refractivity (Wildman–Crippen MR) is 91.4 cm³/mol. The van der Waals surface area contributed by atoms with Crippen LogP contribution in [0.2, 0.25) is 5.02 Å². The predicted octanol–water partition coefficient (Wildman–Crippen LogP) is 2.53. The highest BCUT2D eigenvalue weighted by Gasteiger charge is 2.22. The lowest BCUT2D eigenvalue weighted by molar-refractivity contribution is 0.0736. The molecule has 0 aliphatic carbocycles. The molecule has 0 saturated carbocycles. The van der Waals surface area contributed by atoms with Crippen molar-refractivity contribution in [1.82, 2.24) is 14.7 Å². The highest BCUT2D eigenvalue weighted by atomic mass is 35.5. The fourth-order valence-electron chi connectivity index (χ4n) is 2.15. The Kier molecular flexibility index (Phi) is 5.96. The summed E-state index contributed by atoms with van der Waals surface area (Å²) in [5.74, 6) is -0.287. The van der Waals surface area contributed by atoms with E-state index < -0.39 is 0 Å². The minimum atomic E-state index is -0.287. The van der Waals surface area contributed by atoms with E-state index in [-0.39, 0.29) is 24.8 Å². The molecular formula is C17H20ClN3O2. The zero-order valence-electron chi connectivity index (χ0n) is 13.2. The Labute approximate surface area is 140 Å². The Bertz CT molecular complexity index is 695. The number of carbonyl (C=O) groups excluding carboxylic acids is 1. The summed E-state index contributed by atoms with van der Waals surface area (Å²) in [4.78, 5) is 14.1. The molecule has 0 radical (unpaired) electrons. The lowest BCUT2D eigenvalue weighted by atomic mass is 10.2. The average Bonchev–Trinajstić information content (AvgIpc) is 2.82. The summed E-state index contributed by atoms with van der Waals surface area (Å²) in [6, 6.07) is 9.81. The first-order valence-electron chi connectivity index (χ1n) is 7.35. The van der Waals surface area contributed by atoms with Gasteiger partial charge in [-0.15, -0.1) is 0 Å². The molecule has 23 heavy (non-hydrogen) atoms. The number of nitrogens with zero attached hydrogens (tertiary/aromatic N) is 3. The van der Waals surface area contributed by atoms with Gasteiger partial charge in [0, 0.05) is 20.1 Å². The number of hydrogen-bond acceptors (Lipinski definition) is 3. The van der Waals surface area contributed by atoms with Crippen molar-refractivity contribution in [1.29, 1.82) is 0 Å². The summed E-state index contributed by atoms with van der Waals surface area (Å²) >= 11 is 6.17. The Morgan fingerprint density at radius 2 is 2.09 bits per heavy atom.